The molecule has 4 rings (SSSR count). The van der Waals surface area contributed by atoms with Crippen LogP contribution in [0.3, 0.4) is 0 Å². The molecule has 0 bridgehead atoms. The van der Waals surface area contributed by atoms with Crippen molar-refractivity contribution in [2.75, 3.05) is 5.32 Å². The molecule has 30 heavy (non-hydrogen) atoms. The molecule has 0 aliphatic heterocycles. The van der Waals surface area contributed by atoms with Crippen LogP contribution in [-0.2, 0) is 0 Å². The smallest absolute Gasteiger partial charge is 0.269 e. The zero-order chi connectivity index (χ0) is 21.3. The number of aryl methyl sites for hydroxylation is 1. The molecule has 0 spiro atoms. The summed E-state index contributed by atoms with van der Waals surface area (Å²) in [5.74, 6) is -0.838. The number of nitrogens with zero attached hydrogens (tertiary/aromatic N) is 1. The molecule has 7 heteroatoms. The maximum absolute atomic E-state index is 13.1. The molecule has 0 aliphatic rings. The molecular weight excluding hydrogens is 384 g/mol. The van der Waals surface area contributed by atoms with E-state index in [2.05, 4.69) is 5.32 Å². The molecule has 0 saturated heterocycles. The van der Waals surface area contributed by atoms with Crippen LogP contribution in [0.15, 0.2) is 77.2 Å². The Morgan fingerprint density at radius 1 is 0.900 bits per heavy atom. The first-order valence-electron chi connectivity index (χ1n) is 9.13. The Morgan fingerprint density at radius 3 is 2.20 bits per heavy atom. The van der Waals surface area contributed by atoms with E-state index in [9.17, 15) is 19.7 Å². The van der Waals surface area contributed by atoms with Crippen LogP contribution >= 0.6 is 0 Å². The van der Waals surface area contributed by atoms with Crippen molar-refractivity contribution >= 4 is 34.0 Å². The molecule has 0 radical (unpaired) electrons. The van der Waals surface area contributed by atoms with Crippen molar-refractivity contribution in [3.05, 3.63) is 105 Å². The summed E-state index contributed by atoms with van der Waals surface area (Å²) in [7, 11) is 0. The standard InChI is InChI=1S/C23H16N2O5/c1-14-6-8-15(9-7-14)21(26)22-20(18-4-2-3-5-19(18)30-22)24-23(27)16-10-12-17(13-11-16)25(28)29/h2-13H,1H3,(H,24,27). The molecule has 0 aliphatic carbocycles. The minimum absolute atomic E-state index is 0.0234. The number of non-ortho nitro benzene ring substituents is 1. The highest BCUT2D eigenvalue weighted by molar-refractivity contribution is 6.18. The molecule has 0 unspecified atom stereocenters. The van der Waals surface area contributed by atoms with Gasteiger partial charge in [-0.1, -0.05) is 42.0 Å². The molecule has 1 aromatic heterocycles. The molecule has 1 heterocycles. The van der Waals surface area contributed by atoms with Crippen LogP contribution in [0, 0.1) is 17.0 Å². The van der Waals surface area contributed by atoms with Crippen molar-refractivity contribution < 1.29 is 18.9 Å². The number of furan rings is 1. The third-order valence-electron chi connectivity index (χ3n) is 4.69. The topological polar surface area (TPSA) is 102 Å². The van der Waals surface area contributed by atoms with E-state index < -0.39 is 10.8 Å². The van der Waals surface area contributed by atoms with Gasteiger partial charge < -0.3 is 9.73 Å². The maximum atomic E-state index is 13.1. The van der Waals surface area contributed by atoms with Gasteiger partial charge in [0.1, 0.15) is 5.58 Å². The highest BCUT2D eigenvalue weighted by Gasteiger charge is 2.24. The van der Waals surface area contributed by atoms with Gasteiger partial charge in [-0.25, -0.2) is 0 Å². The average molecular weight is 400 g/mol. The summed E-state index contributed by atoms with van der Waals surface area (Å²) in [6, 6.07) is 19.3. The van der Waals surface area contributed by atoms with Crippen LogP contribution in [0.5, 0.6) is 0 Å². The number of hydrogen-bond donors (Lipinski definition) is 1. The van der Waals surface area contributed by atoms with Gasteiger partial charge in [0, 0.05) is 28.6 Å². The number of carbonyl (C=O) groups is 2. The zero-order valence-corrected chi connectivity index (χ0v) is 15.9. The Morgan fingerprint density at radius 2 is 1.53 bits per heavy atom. The highest BCUT2D eigenvalue weighted by Crippen LogP contribution is 2.33. The fraction of sp³-hybridized carbons (Fsp3) is 0.0435. The van der Waals surface area contributed by atoms with Gasteiger partial charge in [-0.15, -0.1) is 0 Å². The van der Waals surface area contributed by atoms with Crippen LogP contribution in [-0.4, -0.2) is 16.6 Å². The number of hydrogen-bond acceptors (Lipinski definition) is 5. The lowest BCUT2D eigenvalue weighted by molar-refractivity contribution is -0.384. The van der Waals surface area contributed by atoms with Gasteiger partial charge in [0.25, 0.3) is 11.6 Å². The van der Waals surface area contributed by atoms with Gasteiger partial charge in [0.2, 0.25) is 5.78 Å². The lowest BCUT2D eigenvalue weighted by atomic mass is 10.1. The van der Waals surface area contributed by atoms with E-state index in [1.807, 2.05) is 19.1 Å². The zero-order valence-electron chi connectivity index (χ0n) is 15.9. The van der Waals surface area contributed by atoms with Crippen molar-refractivity contribution in [2.24, 2.45) is 0 Å². The van der Waals surface area contributed by atoms with Gasteiger partial charge in [-0.05, 0) is 31.2 Å². The minimum Gasteiger partial charge on any atom is -0.450 e. The van der Waals surface area contributed by atoms with Gasteiger partial charge in [0.15, 0.2) is 5.76 Å². The monoisotopic (exact) mass is 400 g/mol. The van der Waals surface area contributed by atoms with Gasteiger partial charge >= 0.3 is 0 Å². The van der Waals surface area contributed by atoms with E-state index in [0.717, 1.165) is 5.56 Å². The number of fused-ring (bicyclic) bond motifs is 1. The van der Waals surface area contributed by atoms with Crippen molar-refractivity contribution in [1.82, 2.24) is 0 Å². The number of benzene rings is 3. The van der Waals surface area contributed by atoms with Crippen LogP contribution in [0.4, 0.5) is 11.4 Å². The van der Waals surface area contributed by atoms with Gasteiger partial charge in [-0.3, -0.25) is 19.7 Å². The van der Waals surface area contributed by atoms with Gasteiger partial charge in [-0.2, -0.15) is 0 Å². The number of para-hydroxylation sites is 1. The Hall–Kier alpha value is -4.26. The predicted octanol–water partition coefficient (Wildman–Crippen LogP) is 5.13. The quantitative estimate of drug-likeness (QED) is 0.284. The summed E-state index contributed by atoms with van der Waals surface area (Å²) in [6.07, 6.45) is 0. The molecule has 1 N–H and O–H groups in total. The normalized spacial score (nSPS) is 10.7. The van der Waals surface area contributed by atoms with Gasteiger partial charge in [0.05, 0.1) is 10.6 Å². The highest BCUT2D eigenvalue weighted by atomic mass is 16.6. The first-order chi connectivity index (χ1) is 14.4. The summed E-state index contributed by atoms with van der Waals surface area (Å²) in [4.78, 5) is 36.1. The van der Waals surface area contributed by atoms with Crippen molar-refractivity contribution in [3.8, 4) is 0 Å². The fourth-order valence-electron chi connectivity index (χ4n) is 3.09. The molecule has 7 nitrogen and oxygen atoms in total. The molecule has 0 saturated carbocycles. The van der Waals surface area contributed by atoms with E-state index in [1.165, 1.54) is 24.3 Å². The van der Waals surface area contributed by atoms with Crippen molar-refractivity contribution in [1.29, 1.82) is 0 Å². The van der Waals surface area contributed by atoms with E-state index in [1.54, 1.807) is 36.4 Å². The largest absolute Gasteiger partial charge is 0.450 e. The molecular formula is C23H16N2O5. The number of amides is 1. The lowest BCUT2D eigenvalue weighted by Gasteiger charge is -2.06. The number of carbonyl (C=O) groups excluding carboxylic acids is 2. The summed E-state index contributed by atoms with van der Waals surface area (Å²) in [5.41, 5.74) is 2.29. The Labute approximate surface area is 171 Å². The molecule has 0 atom stereocenters. The van der Waals surface area contributed by atoms with E-state index in [0.29, 0.717) is 16.5 Å². The van der Waals surface area contributed by atoms with Crippen LogP contribution in [0.25, 0.3) is 11.0 Å². The number of nitro benzene ring substituents is 1. The third kappa shape index (κ3) is 3.56. The Bertz CT molecular complexity index is 1270. The number of rotatable bonds is 5. The Balaban J connectivity index is 1.73. The number of anilines is 1. The second-order valence-corrected chi connectivity index (χ2v) is 6.76. The molecule has 0 fully saturated rings. The van der Waals surface area contributed by atoms with Crippen LogP contribution in [0.1, 0.15) is 32.0 Å². The molecule has 148 valence electrons. The van der Waals surface area contributed by atoms with Crippen LogP contribution in [0.2, 0.25) is 0 Å². The van der Waals surface area contributed by atoms with Crippen molar-refractivity contribution in [3.63, 3.8) is 0 Å². The first-order valence-corrected chi connectivity index (χ1v) is 9.13. The third-order valence-corrected chi connectivity index (χ3v) is 4.69. The average Bonchev–Trinajstić information content (AvgIpc) is 3.12. The Kier molecular flexibility index (Phi) is 4.85. The molecule has 3 aromatic carbocycles. The van der Waals surface area contributed by atoms with E-state index in [4.69, 9.17) is 4.42 Å². The van der Waals surface area contributed by atoms with Crippen LogP contribution < -0.4 is 5.32 Å². The second kappa shape index (κ2) is 7.63. The van der Waals surface area contributed by atoms with E-state index >= 15 is 0 Å². The first kappa shape index (κ1) is 19.1. The summed E-state index contributed by atoms with van der Waals surface area (Å²) in [6.45, 7) is 1.92. The fourth-order valence-corrected chi connectivity index (χ4v) is 3.09. The lowest BCUT2D eigenvalue weighted by Crippen LogP contribution is -2.14. The summed E-state index contributed by atoms with van der Waals surface area (Å²) >= 11 is 0. The number of ketones is 1. The maximum Gasteiger partial charge on any atom is 0.269 e. The van der Waals surface area contributed by atoms with Crippen molar-refractivity contribution in [2.45, 2.75) is 6.92 Å². The second-order valence-electron chi connectivity index (χ2n) is 6.76. The summed E-state index contributed by atoms with van der Waals surface area (Å²) < 4.78 is 5.78. The summed E-state index contributed by atoms with van der Waals surface area (Å²) in [5, 5.41) is 14.1. The molecule has 4 aromatic rings. The number of nitro groups is 1. The predicted molar refractivity (Wildman–Crippen MR) is 112 cm³/mol. The SMILES string of the molecule is Cc1ccc(C(=O)c2oc3ccccc3c2NC(=O)c2ccc([N+](=O)[O-])cc2)cc1. The number of nitrogens with one attached hydrogen (secondary N) is 1. The minimum atomic E-state index is -0.538. The molecule has 1 amide bonds. The van der Waals surface area contributed by atoms with E-state index in [-0.39, 0.29) is 28.5 Å².